The molecule has 2 N–H and O–H groups in total. The molecular weight excluding hydrogens is 220 g/mol. The average Bonchev–Trinajstić information content (AvgIpc) is 2.74. The molecule has 2 unspecified atom stereocenters. The number of nitrogens with one attached hydrogen (secondary N) is 1. The topological polar surface area (TPSA) is 69.6 Å². The van der Waals surface area contributed by atoms with Gasteiger partial charge in [-0.1, -0.05) is 6.92 Å². The summed E-state index contributed by atoms with van der Waals surface area (Å²) >= 11 is 0. The van der Waals surface area contributed by atoms with Crippen LogP contribution in [0.25, 0.3) is 0 Å². The van der Waals surface area contributed by atoms with Crippen LogP contribution in [0.1, 0.15) is 26.2 Å². The van der Waals surface area contributed by atoms with Crippen LogP contribution in [0, 0.1) is 11.8 Å². The highest BCUT2D eigenvalue weighted by Gasteiger charge is 2.38. The fourth-order valence-electron chi connectivity index (χ4n) is 2.81. The SMILES string of the molecule is CC1CNCC1C(=O)N1CCCC[C@@H]1C(=O)O. The van der Waals surface area contributed by atoms with Crippen molar-refractivity contribution < 1.29 is 14.7 Å². The van der Waals surface area contributed by atoms with Crippen LogP contribution >= 0.6 is 0 Å². The molecule has 1 amide bonds. The Morgan fingerprint density at radius 3 is 2.65 bits per heavy atom. The summed E-state index contributed by atoms with van der Waals surface area (Å²) in [5.74, 6) is -0.583. The van der Waals surface area contributed by atoms with Gasteiger partial charge in [0.15, 0.2) is 0 Å². The van der Waals surface area contributed by atoms with Crippen molar-refractivity contribution >= 4 is 11.9 Å². The van der Waals surface area contributed by atoms with Crippen LogP contribution in [-0.2, 0) is 9.59 Å². The third kappa shape index (κ3) is 2.44. The summed E-state index contributed by atoms with van der Waals surface area (Å²) in [5.41, 5.74) is 0. The van der Waals surface area contributed by atoms with E-state index in [1.54, 1.807) is 4.90 Å². The molecule has 2 saturated heterocycles. The maximum absolute atomic E-state index is 12.3. The number of hydrogen-bond donors (Lipinski definition) is 2. The number of nitrogens with zero attached hydrogens (tertiary/aromatic N) is 1. The molecule has 2 fully saturated rings. The van der Waals surface area contributed by atoms with Crippen molar-refractivity contribution in [2.45, 2.75) is 32.2 Å². The van der Waals surface area contributed by atoms with Crippen molar-refractivity contribution in [2.75, 3.05) is 19.6 Å². The Hall–Kier alpha value is -1.10. The van der Waals surface area contributed by atoms with Gasteiger partial charge in [-0.15, -0.1) is 0 Å². The molecule has 17 heavy (non-hydrogen) atoms. The molecule has 2 heterocycles. The molecule has 5 heteroatoms. The zero-order chi connectivity index (χ0) is 12.4. The molecule has 0 aromatic rings. The van der Waals surface area contributed by atoms with E-state index in [1.165, 1.54) is 0 Å². The predicted molar refractivity (Wildman–Crippen MR) is 62.5 cm³/mol. The number of carboxylic acid groups (broad SMARTS) is 1. The van der Waals surface area contributed by atoms with Crippen molar-refractivity contribution in [3.05, 3.63) is 0 Å². The van der Waals surface area contributed by atoms with Gasteiger partial charge in [-0.05, 0) is 31.7 Å². The largest absolute Gasteiger partial charge is 0.480 e. The van der Waals surface area contributed by atoms with E-state index in [-0.39, 0.29) is 11.8 Å². The van der Waals surface area contributed by atoms with Gasteiger partial charge >= 0.3 is 5.97 Å². The number of piperidine rings is 1. The average molecular weight is 240 g/mol. The monoisotopic (exact) mass is 240 g/mol. The number of carboxylic acids is 1. The Kier molecular flexibility index (Phi) is 3.66. The van der Waals surface area contributed by atoms with Crippen molar-refractivity contribution in [3.8, 4) is 0 Å². The Morgan fingerprint density at radius 1 is 1.29 bits per heavy atom. The molecular formula is C12H20N2O3. The smallest absolute Gasteiger partial charge is 0.326 e. The zero-order valence-corrected chi connectivity index (χ0v) is 10.2. The Labute approximate surface area is 101 Å². The minimum atomic E-state index is -0.864. The summed E-state index contributed by atoms with van der Waals surface area (Å²) in [4.78, 5) is 25.1. The molecule has 0 saturated carbocycles. The lowest BCUT2D eigenvalue weighted by atomic mass is 9.93. The molecule has 2 aliphatic rings. The highest BCUT2D eigenvalue weighted by atomic mass is 16.4. The fraction of sp³-hybridized carbons (Fsp3) is 0.833. The summed E-state index contributed by atoms with van der Waals surface area (Å²) in [7, 11) is 0. The second-order valence-corrected chi connectivity index (χ2v) is 5.12. The maximum atomic E-state index is 12.3. The Morgan fingerprint density at radius 2 is 2.06 bits per heavy atom. The van der Waals surface area contributed by atoms with Gasteiger partial charge < -0.3 is 15.3 Å². The van der Waals surface area contributed by atoms with Gasteiger partial charge in [0.2, 0.25) is 5.91 Å². The number of hydrogen-bond acceptors (Lipinski definition) is 3. The molecule has 0 radical (unpaired) electrons. The number of rotatable bonds is 2. The number of amides is 1. The van der Waals surface area contributed by atoms with E-state index in [0.29, 0.717) is 25.4 Å². The normalized spacial score (nSPS) is 33.7. The van der Waals surface area contributed by atoms with Gasteiger partial charge in [0.05, 0.1) is 5.92 Å². The molecule has 2 aliphatic heterocycles. The lowest BCUT2D eigenvalue weighted by molar-refractivity contribution is -0.154. The van der Waals surface area contributed by atoms with Crippen molar-refractivity contribution in [3.63, 3.8) is 0 Å². The molecule has 96 valence electrons. The third-order valence-electron chi connectivity index (χ3n) is 3.91. The second kappa shape index (κ2) is 5.04. The highest BCUT2D eigenvalue weighted by Crippen LogP contribution is 2.24. The first-order chi connectivity index (χ1) is 8.11. The van der Waals surface area contributed by atoms with Crippen LogP contribution in [0.4, 0.5) is 0 Å². The van der Waals surface area contributed by atoms with E-state index in [9.17, 15) is 9.59 Å². The lowest BCUT2D eigenvalue weighted by Gasteiger charge is -2.35. The quantitative estimate of drug-likeness (QED) is 0.728. The van der Waals surface area contributed by atoms with E-state index >= 15 is 0 Å². The molecule has 0 aromatic carbocycles. The molecule has 3 atom stereocenters. The fourth-order valence-corrected chi connectivity index (χ4v) is 2.81. The van der Waals surface area contributed by atoms with E-state index in [2.05, 4.69) is 5.32 Å². The van der Waals surface area contributed by atoms with Crippen LogP contribution in [0.3, 0.4) is 0 Å². The first-order valence-electron chi connectivity index (χ1n) is 6.35. The van der Waals surface area contributed by atoms with E-state index < -0.39 is 12.0 Å². The molecule has 0 aromatic heterocycles. The molecule has 0 bridgehead atoms. The van der Waals surface area contributed by atoms with Gasteiger partial charge in [0, 0.05) is 13.1 Å². The number of likely N-dealkylation sites (tertiary alicyclic amines) is 1. The number of carbonyl (C=O) groups is 2. The minimum Gasteiger partial charge on any atom is -0.480 e. The van der Waals surface area contributed by atoms with E-state index in [0.717, 1.165) is 19.4 Å². The standard InChI is InChI=1S/C12H20N2O3/c1-8-6-13-7-9(8)11(15)14-5-3-2-4-10(14)12(16)17/h8-10,13H,2-7H2,1H3,(H,16,17)/t8?,9?,10-/m1/s1. The maximum Gasteiger partial charge on any atom is 0.326 e. The summed E-state index contributed by atoms with van der Waals surface area (Å²) in [6, 6.07) is -0.607. The van der Waals surface area contributed by atoms with Gasteiger partial charge in [0.1, 0.15) is 6.04 Å². The van der Waals surface area contributed by atoms with Crippen LogP contribution in [0.5, 0.6) is 0 Å². The minimum absolute atomic E-state index is 0.0228. The van der Waals surface area contributed by atoms with Gasteiger partial charge in [-0.2, -0.15) is 0 Å². The lowest BCUT2D eigenvalue weighted by Crippen LogP contribution is -2.51. The van der Waals surface area contributed by atoms with Crippen molar-refractivity contribution in [1.29, 1.82) is 0 Å². The summed E-state index contributed by atoms with van der Waals surface area (Å²) in [5, 5.41) is 12.3. The van der Waals surface area contributed by atoms with Crippen molar-refractivity contribution in [2.24, 2.45) is 11.8 Å². The Balaban J connectivity index is 2.08. The van der Waals surface area contributed by atoms with Gasteiger partial charge in [-0.25, -0.2) is 4.79 Å². The van der Waals surface area contributed by atoms with Crippen LogP contribution in [0.2, 0.25) is 0 Å². The van der Waals surface area contributed by atoms with E-state index in [1.807, 2.05) is 6.92 Å². The van der Waals surface area contributed by atoms with Crippen molar-refractivity contribution in [1.82, 2.24) is 10.2 Å². The van der Waals surface area contributed by atoms with Crippen LogP contribution < -0.4 is 5.32 Å². The molecule has 0 aliphatic carbocycles. The zero-order valence-electron chi connectivity index (χ0n) is 10.2. The summed E-state index contributed by atoms with van der Waals surface area (Å²) in [6.45, 7) is 4.17. The number of carbonyl (C=O) groups excluding carboxylic acids is 1. The second-order valence-electron chi connectivity index (χ2n) is 5.12. The predicted octanol–water partition coefficient (Wildman–Crippen LogP) is 0.308. The third-order valence-corrected chi connectivity index (χ3v) is 3.91. The van der Waals surface area contributed by atoms with Gasteiger partial charge in [0.25, 0.3) is 0 Å². The Bertz CT molecular complexity index is 319. The number of aliphatic carboxylic acids is 1. The van der Waals surface area contributed by atoms with Gasteiger partial charge in [-0.3, -0.25) is 4.79 Å². The molecule has 5 nitrogen and oxygen atoms in total. The first kappa shape index (κ1) is 12.4. The molecule has 2 rings (SSSR count). The highest BCUT2D eigenvalue weighted by molar-refractivity contribution is 5.85. The van der Waals surface area contributed by atoms with Crippen LogP contribution in [-0.4, -0.2) is 47.6 Å². The summed E-state index contributed by atoms with van der Waals surface area (Å²) < 4.78 is 0. The van der Waals surface area contributed by atoms with E-state index in [4.69, 9.17) is 5.11 Å². The first-order valence-corrected chi connectivity index (χ1v) is 6.35. The molecule has 0 spiro atoms. The van der Waals surface area contributed by atoms with Crippen LogP contribution in [0.15, 0.2) is 0 Å². The summed E-state index contributed by atoms with van der Waals surface area (Å²) in [6.07, 6.45) is 2.42.